The number of rotatable bonds is 14. The van der Waals surface area contributed by atoms with Crippen molar-refractivity contribution < 1.29 is 23.8 Å². The van der Waals surface area contributed by atoms with E-state index in [1.807, 2.05) is 80.6 Å². The van der Waals surface area contributed by atoms with Gasteiger partial charge < -0.3 is 24.4 Å². The summed E-state index contributed by atoms with van der Waals surface area (Å²) in [5, 5.41) is 3.02. The molecular weight excluding hydrogens is 480 g/mol. The SMILES string of the molecule is COc1ccc(CC(=O)N(Cc2ccccc2)[C@H](C(=O)NCCCOC(C)C)c2ccccc2)cc1OC. The summed E-state index contributed by atoms with van der Waals surface area (Å²) in [5.41, 5.74) is 2.45. The van der Waals surface area contributed by atoms with Crippen LogP contribution in [0.4, 0.5) is 0 Å². The lowest BCUT2D eigenvalue weighted by atomic mass is 10.0. The molecule has 1 atom stereocenters. The number of nitrogens with one attached hydrogen (secondary N) is 1. The fourth-order valence-corrected chi connectivity index (χ4v) is 4.18. The molecule has 3 rings (SSSR count). The first-order valence-electron chi connectivity index (χ1n) is 12.9. The van der Waals surface area contributed by atoms with Gasteiger partial charge in [0.1, 0.15) is 6.04 Å². The van der Waals surface area contributed by atoms with Gasteiger partial charge >= 0.3 is 0 Å². The van der Waals surface area contributed by atoms with E-state index < -0.39 is 6.04 Å². The monoisotopic (exact) mass is 518 g/mol. The Kier molecular flexibility index (Phi) is 11.2. The van der Waals surface area contributed by atoms with Crippen LogP contribution in [0.3, 0.4) is 0 Å². The van der Waals surface area contributed by atoms with Crippen molar-refractivity contribution in [3.05, 3.63) is 95.6 Å². The minimum atomic E-state index is -0.796. The predicted molar refractivity (Wildman–Crippen MR) is 148 cm³/mol. The highest BCUT2D eigenvalue weighted by molar-refractivity contribution is 5.89. The molecule has 0 saturated carbocycles. The van der Waals surface area contributed by atoms with Crippen molar-refractivity contribution in [2.45, 2.75) is 45.4 Å². The molecule has 0 bridgehead atoms. The van der Waals surface area contributed by atoms with Crippen molar-refractivity contribution in [3.63, 3.8) is 0 Å². The molecule has 38 heavy (non-hydrogen) atoms. The van der Waals surface area contributed by atoms with Gasteiger partial charge in [0.2, 0.25) is 11.8 Å². The molecule has 3 aromatic carbocycles. The maximum absolute atomic E-state index is 13.9. The lowest BCUT2D eigenvalue weighted by Crippen LogP contribution is -2.44. The number of ether oxygens (including phenoxy) is 3. The summed E-state index contributed by atoms with van der Waals surface area (Å²) in [6.07, 6.45) is 0.925. The molecule has 0 heterocycles. The van der Waals surface area contributed by atoms with Crippen LogP contribution in [0.15, 0.2) is 78.9 Å². The fraction of sp³-hybridized carbons (Fsp3) is 0.355. The fourth-order valence-electron chi connectivity index (χ4n) is 4.18. The molecule has 1 N–H and O–H groups in total. The molecule has 2 amide bonds. The molecule has 0 aliphatic carbocycles. The van der Waals surface area contributed by atoms with Crippen LogP contribution in [-0.2, 0) is 27.3 Å². The van der Waals surface area contributed by atoms with E-state index in [0.29, 0.717) is 31.1 Å². The van der Waals surface area contributed by atoms with Gasteiger partial charge in [-0.2, -0.15) is 0 Å². The highest BCUT2D eigenvalue weighted by atomic mass is 16.5. The first kappa shape index (κ1) is 28.7. The summed E-state index contributed by atoms with van der Waals surface area (Å²) < 4.78 is 16.4. The van der Waals surface area contributed by atoms with Gasteiger partial charge in [-0.05, 0) is 49.1 Å². The van der Waals surface area contributed by atoms with Crippen LogP contribution >= 0.6 is 0 Å². The molecule has 0 spiro atoms. The molecule has 0 fully saturated rings. The summed E-state index contributed by atoms with van der Waals surface area (Å²) in [7, 11) is 3.13. The molecule has 0 aliphatic heterocycles. The van der Waals surface area contributed by atoms with Crippen molar-refractivity contribution in [1.29, 1.82) is 0 Å². The first-order chi connectivity index (χ1) is 18.4. The van der Waals surface area contributed by atoms with Gasteiger partial charge in [0.05, 0.1) is 26.7 Å². The summed E-state index contributed by atoms with van der Waals surface area (Å²) in [6, 6.07) is 23.7. The van der Waals surface area contributed by atoms with Crippen molar-refractivity contribution in [1.82, 2.24) is 10.2 Å². The van der Waals surface area contributed by atoms with Gasteiger partial charge in [0, 0.05) is 19.7 Å². The quantitative estimate of drug-likeness (QED) is 0.306. The standard InChI is InChI=1S/C31H38N2O5/c1-23(2)38-19-11-18-32-31(35)30(26-14-9-6-10-15-26)33(22-24-12-7-5-8-13-24)29(34)21-25-16-17-27(36-3)28(20-25)37-4/h5-10,12-17,20,23,30H,11,18-19,21-22H2,1-4H3,(H,32,35)/t30-/m0/s1. The van der Waals surface area contributed by atoms with Crippen LogP contribution in [0, 0.1) is 0 Å². The number of methoxy groups -OCH3 is 2. The van der Waals surface area contributed by atoms with Crippen LogP contribution in [0.1, 0.15) is 43.0 Å². The van der Waals surface area contributed by atoms with Crippen molar-refractivity contribution in [2.75, 3.05) is 27.4 Å². The molecule has 0 saturated heterocycles. The van der Waals surface area contributed by atoms with E-state index in [0.717, 1.165) is 16.7 Å². The third-order valence-electron chi connectivity index (χ3n) is 6.07. The Bertz CT molecular complexity index is 1150. The van der Waals surface area contributed by atoms with Gasteiger partial charge in [-0.15, -0.1) is 0 Å². The van der Waals surface area contributed by atoms with E-state index in [9.17, 15) is 9.59 Å². The molecule has 0 unspecified atom stereocenters. The molecular formula is C31H38N2O5. The number of hydrogen-bond donors (Lipinski definition) is 1. The second-order valence-electron chi connectivity index (χ2n) is 9.25. The second-order valence-corrected chi connectivity index (χ2v) is 9.25. The molecule has 7 nitrogen and oxygen atoms in total. The molecule has 7 heteroatoms. The zero-order valence-electron chi connectivity index (χ0n) is 22.7. The highest BCUT2D eigenvalue weighted by Gasteiger charge is 2.31. The number of amides is 2. The largest absolute Gasteiger partial charge is 0.493 e. The summed E-state index contributed by atoms with van der Waals surface area (Å²) >= 11 is 0. The van der Waals surface area contributed by atoms with Crippen LogP contribution < -0.4 is 14.8 Å². The van der Waals surface area contributed by atoms with Crippen molar-refractivity contribution >= 4 is 11.8 Å². The first-order valence-corrected chi connectivity index (χ1v) is 12.9. The summed E-state index contributed by atoms with van der Waals surface area (Å²) in [5.74, 6) is 0.742. The third-order valence-corrected chi connectivity index (χ3v) is 6.07. The minimum Gasteiger partial charge on any atom is -0.493 e. The molecule has 202 valence electrons. The van der Waals surface area contributed by atoms with Gasteiger partial charge in [-0.1, -0.05) is 66.7 Å². The van der Waals surface area contributed by atoms with Gasteiger partial charge in [-0.3, -0.25) is 9.59 Å². The molecule has 3 aromatic rings. The zero-order valence-corrected chi connectivity index (χ0v) is 22.7. The second kappa shape index (κ2) is 14.8. The Morgan fingerprint density at radius 3 is 2.13 bits per heavy atom. The Balaban J connectivity index is 1.90. The number of hydrogen-bond acceptors (Lipinski definition) is 5. The molecule has 0 aliphatic rings. The summed E-state index contributed by atoms with van der Waals surface area (Å²) in [4.78, 5) is 29.2. The number of benzene rings is 3. The van der Waals surface area contributed by atoms with E-state index in [1.165, 1.54) is 0 Å². The number of nitrogens with zero attached hydrogens (tertiary/aromatic N) is 1. The highest BCUT2D eigenvalue weighted by Crippen LogP contribution is 2.29. The topological polar surface area (TPSA) is 77.1 Å². The maximum atomic E-state index is 13.9. The van der Waals surface area contributed by atoms with E-state index >= 15 is 0 Å². The lowest BCUT2D eigenvalue weighted by Gasteiger charge is -2.32. The maximum Gasteiger partial charge on any atom is 0.247 e. The minimum absolute atomic E-state index is 0.103. The summed E-state index contributed by atoms with van der Waals surface area (Å²) in [6.45, 7) is 5.26. The van der Waals surface area contributed by atoms with E-state index in [1.54, 1.807) is 31.3 Å². The van der Waals surface area contributed by atoms with Crippen LogP contribution in [0.25, 0.3) is 0 Å². The van der Waals surface area contributed by atoms with Crippen LogP contribution in [0.2, 0.25) is 0 Å². The third kappa shape index (κ3) is 8.35. The Labute approximate surface area is 225 Å². The normalized spacial score (nSPS) is 11.6. The average molecular weight is 519 g/mol. The van der Waals surface area contributed by atoms with Crippen LogP contribution in [0.5, 0.6) is 11.5 Å². The number of carbonyl (C=O) groups is 2. The Morgan fingerprint density at radius 2 is 1.50 bits per heavy atom. The molecule has 0 aromatic heterocycles. The smallest absolute Gasteiger partial charge is 0.247 e. The molecule has 0 radical (unpaired) electrons. The van der Waals surface area contributed by atoms with Crippen LogP contribution in [-0.4, -0.2) is 50.2 Å². The van der Waals surface area contributed by atoms with Crippen molar-refractivity contribution in [3.8, 4) is 11.5 Å². The van der Waals surface area contributed by atoms with Crippen molar-refractivity contribution in [2.24, 2.45) is 0 Å². The number of carbonyl (C=O) groups excluding carboxylic acids is 2. The van der Waals surface area contributed by atoms with E-state index in [-0.39, 0.29) is 30.9 Å². The van der Waals surface area contributed by atoms with E-state index in [4.69, 9.17) is 14.2 Å². The predicted octanol–water partition coefficient (Wildman–Crippen LogP) is 4.95. The Hall–Kier alpha value is -3.84. The lowest BCUT2D eigenvalue weighted by molar-refractivity contribution is -0.141. The Morgan fingerprint density at radius 1 is 0.842 bits per heavy atom. The van der Waals surface area contributed by atoms with E-state index in [2.05, 4.69) is 5.32 Å². The van der Waals surface area contributed by atoms with Gasteiger partial charge in [0.25, 0.3) is 0 Å². The zero-order chi connectivity index (χ0) is 27.3. The average Bonchev–Trinajstić information content (AvgIpc) is 2.93. The van der Waals surface area contributed by atoms with Gasteiger partial charge in [0.15, 0.2) is 11.5 Å². The van der Waals surface area contributed by atoms with Gasteiger partial charge in [-0.25, -0.2) is 0 Å².